The molecule has 8 heteroatoms. The lowest BCUT2D eigenvalue weighted by Gasteiger charge is -2.34. The molecule has 1 saturated heterocycles. The van der Waals surface area contributed by atoms with Crippen LogP contribution in [0.3, 0.4) is 0 Å². The minimum atomic E-state index is -0.854. The lowest BCUT2D eigenvalue weighted by atomic mass is 10.1. The van der Waals surface area contributed by atoms with Crippen LogP contribution in [-0.2, 0) is 11.3 Å². The number of nitrogens with one attached hydrogen (secondary N) is 2. The Morgan fingerprint density at radius 3 is 2.83 bits per heavy atom. The molecule has 2 aromatic rings. The molecule has 0 aliphatic carbocycles. The lowest BCUT2D eigenvalue weighted by Crippen LogP contribution is -2.52. The van der Waals surface area contributed by atoms with Crippen LogP contribution in [-0.4, -0.2) is 77.3 Å². The highest BCUT2D eigenvalue weighted by Gasteiger charge is 2.25. The van der Waals surface area contributed by atoms with Gasteiger partial charge in [-0.1, -0.05) is 12.1 Å². The summed E-state index contributed by atoms with van der Waals surface area (Å²) in [6.45, 7) is 9.37. The fourth-order valence-corrected chi connectivity index (χ4v) is 3.30. The van der Waals surface area contributed by atoms with Gasteiger partial charge in [-0.15, -0.1) is 0 Å². The predicted octanol–water partition coefficient (Wildman–Crippen LogP) is 1.01. The minimum absolute atomic E-state index is 0.420. The van der Waals surface area contributed by atoms with E-state index < -0.39 is 5.60 Å². The van der Waals surface area contributed by atoms with Gasteiger partial charge in [0.05, 0.1) is 31.0 Å². The number of ether oxygens (including phenoxy) is 1. The van der Waals surface area contributed by atoms with Crippen molar-refractivity contribution in [3.05, 3.63) is 48.3 Å². The van der Waals surface area contributed by atoms with Crippen LogP contribution in [0, 0.1) is 0 Å². The Hall–Kier alpha value is -2.42. The van der Waals surface area contributed by atoms with Crippen LogP contribution in [0.4, 0.5) is 0 Å². The zero-order valence-electron chi connectivity index (χ0n) is 17.3. The molecule has 1 atom stereocenters. The maximum atomic E-state index is 10.8. The van der Waals surface area contributed by atoms with Crippen molar-refractivity contribution in [3.63, 3.8) is 0 Å². The summed E-state index contributed by atoms with van der Waals surface area (Å²) >= 11 is 0. The molecule has 1 aromatic carbocycles. The van der Waals surface area contributed by atoms with Crippen LogP contribution in [0.5, 0.6) is 0 Å². The van der Waals surface area contributed by atoms with Gasteiger partial charge in [-0.3, -0.25) is 4.90 Å². The molecule has 0 radical (unpaired) electrons. The maximum absolute atomic E-state index is 10.8. The number of benzene rings is 1. The summed E-state index contributed by atoms with van der Waals surface area (Å²) in [7, 11) is 0. The summed E-state index contributed by atoms with van der Waals surface area (Å²) in [6, 6.07) is 10.1. The molecule has 0 bridgehead atoms. The largest absolute Gasteiger partial charge is 0.387 e. The molecule has 158 valence electrons. The Morgan fingerprint density at radius 2 is 2.10 bits per heavy atom. The normalized spacial score (nSPS) is 17.7. The van der Waals surface area contributed by atoms with Gasteiger partial charge in [-0.25, -0.2) is 9.67 Å². The number of guanidine groups is 1. The van der Waals surface area contributed by atoms with E-state index >= 15 is 0 Å². The Labute approximate surface area is 172 Å². The van der Waals surface area contributed by atoms with Crippen molar-refractivity contribution in [1.82, 2.24) is 25.3 Å². The van der Waals surface area contributed by atoms with Gasteiger partial charge in [0, 0.05) is 45.1 Å². The van der Waals surface area contributed by atoms with E-state index in [9.17, 15) is 5.11 Å². The van der Waals surface area contributed by atoms with Crippen molar-refractivity contribution >= 4 is 5.96 Å². The molecule has 0 saturated carbocycles. The van der Waals surface area contributed by atoms with Gasteiger partial charge in [0.2, 0.25) is 0 Å². The average molecular weight is 401 g/mol. The standard InChI is InChI=1S/C21H32N6O2/c1-3-22-20(24-16-21(2,28)17-26-10-12-29-13-11-26)23-15-18-6-4-7-19(14-18)27-9-5-8-25-27/h4-9,14,28H,3,10-13,15-17H2,1-2H3,(H2,22,23,24). The number of hydrogen-bond acceptors (Lipinski definition) is 5. The molecule has 3 N–H and O–H groups in total. The molecule has 2 heterocycles. The van der Waals surface area contributed by atoms with Crippen molar-refractivity contribution in [2.75, 3.05) is 45.9 Å². The molecule has 0 amide bonds. The highest BCUT2D eigenvalue weighted by atomic mass is 16.5. The molecule has 29 heavy (non-hydrogen) atoms. The smallest absolute Gasteiger partial charge is 0.191 e. The van der Waals surface area contributed by atoms with E-state index in [4.69, 9.17) is 4.74 Å². The third kappa shape index (κ3) is 6.85. The monoisotopic (exact) mass is 400 g/mol. The summed E-state index contributed by atoms with van der Waals surface area (Å²) in [4.78, 5) is 6.91. The molecular weight excluding hydrogens is 368 g/mol. The van der Waals surface area contributed by atoms with E-state index in [0.29, 0.717) is 25.6 Å². The summed E-state index contributed by atoms with van der Waals surface area (Å²) < 4.78 is 7.21. The predicted molar refractivity (Wildman–Crippen MR) is 114 cm³/mol. The Morgan fingerprint density at radius 1 is 1.28 bits per heavy atom. The van der Waals surface area contributed by atoms with Gasteiger partial charge >= 0.3 is 0 Å². The van der Waals surface area contributed by atoms with Gasteiger partial charge in [-0.05, 0) is 37.6 Å². The Kier molecular flexibility index (Phi) is 7.62. The van der Waals surface area contributed by atoms with E-state index in [1.54, 1.807) is 6.20 Å². The first-order valence-corrected chi connectivity index (χ1v) is 10.2. The summed E-state index contributed by atoms with van der Waals surface area (Å²) in [5.74, 6) is 0.694. The van der Waals surface area contributed by atoms with Crippen molar-refractivity contribution in [2.24, 2.45) is 4.99 Å². The molecular formula is C21H32N6O2. The first-order chi connectivity index (χ1) is 14.1. The zero-order valence-corrected chi connectivity index (χ0v) is 17.3. The number of nitrogens with zero attached hydrogens (tertiary/aromatic N) is 4. The second-order valence-electron chi connectivity index (χ2n) is 7.55. The summed E-state index contributed by atoms with van der Waals surface area (Å²) in [6.07, 6.45) is 3.69. The number of aromatic nitrogens is 2. The first kappa shape index (κ1) is 21.3. The third-order valence-electron chi connectivity index (χ3n) is 4.75. The minimum Gasteiger partial charge on any atom is -0.387 e. The summed E-state index contributed by atoms with van der Waals surface area (Å²) in [5.41, 5.74) is 1.25. The van der Waals surface area contributed by atoms with Crippen LogP contribution >= 0.6 is 0 Å². The maximum Gasteiger partial charge on any atom is 0.191 e. The molecule has 1 aliphatic rings. The van der Waals surface area contributed by atoms with Gasteiger partial charge in [0.1, 0.15) is 0 Å². The lowest BCUT2D eigenvalue weighted by molar-refractivity contribution is -0.0201. The first-order valence-electron chi connectivity index (χ1n) is 10.2. The molecule has 8 nitrogen and oxygen atoms in total. The second kappa shape index (κ2) is 10.4. The van der Waals surface area contributed by atoms with Gasteiger partial charge < -0.3 is 20.5 Å². The van der Waals surface area contributed by atoms with Gasteiger partial charge in [0.25, 0.3) is 0 Å². The summed E-state index contributed by atoms with van der Waals surface area (Å²) in [5, 5.41) is 21.6. The fourth-order valence-electron chi connectivity index (χ4n) is 3.30. The molecule has 3 rings (SSSR count). The molecule has 1 aromatic heterocycles. The highest BCUT2D eigenvalue weighted by Crippen LogP contribution is 2.11. The van der Waals surface area contributed by atoms with Crippen molar-refractivity contribution in [1.29, 1.82) is 0 Å². The van der Waals surface area contributed by atoms with E-state index in [0.717, 1.165) is 44.1 Å². The quantitative estimate of drug-likeness (QED) is 0.453. The number of rotatable bonds is 8. The van der Waals surface area contributed by atoms with Crippen LogP contribution in [0.1, 0.15) is 19.4 Å². The topological polar surface area (TPSA) is 86.9 Å². The highest BCUT2D eigenvalue weighted by molar-refractivity contribution is 5.79. The molecule has 0 spiro atoms. The number of aliphatic imine (C=N–C) groups is 1. The average Bonchev–Trinajstić information content (AvgIpc) is 3.26. The molecule has 1 fully saturated rings. The van der Waals surface area contributed by atoms with Crippen molar-refractivity contribution in [3.8, 4) is 5.69 Å². The molecule has 1 aliphatic heterocycles. The van der Waals surface area contributed by atoms with Crippen LogP contribution < -0.4 is 10.6 Å². The van der Waals surface area contributed by atoms with Gasteiger partial charge in [0.15, 0.2) is 5.96 Å². The number of β-amino-alcohol motifs (C(OH)–C–C–N with tert-alkyl or cyclic N) is 1. The van der Waals surface area contributed by atoms with Crippen molar-refractivity contribution < 1.29 is 9.84 Å². The number of aliphatic hydroxyl groups is 1. The van der Waals surface area contributed by atoms with Crippen LogP contribution in [0.2, 0.25) is 0 Å². The van der Waals surface area contributed by atoms with Crippen LogP contribution in [0.15, 0.2) is 47.7 Å². The Balaban J connectivity index is 1.57. The number of morpholine rings is 1. The second-order valence-corrected chi connectivity index (χ2v) is 7.55. The molecule has 1 unspecified atom stereocenters. The fraction of sp³-hybridized carbons (Fsp3) is 0.524. The SMILES string of the molecule is CCNC(=NCc1cccc(-n2cccn2)c1)NCC(C)(O)CN1CCOCC1. The van der Waals surface area contributed by atoms with E-state index in [2.05, 4.69) is 37.8 Å². The van der Waals surface area contributed by atoms with Crippen LogP contribution in [0.25, 0.3) is 5.69 Å². The van der Waals surface area contributed by atoms with E-state index in [1.165, 1.54) is 0 Å². The Bertz CT molecular complexity index is 769. The van der Waals surface area contributed by atoms with E-state index in [-0.39, 0.29) is 0 Å². The third-order valence-corrected chi connectivity index (χ3v) is 4.75. The van der Waals surface area contributed by atoms with Crippen molar-refractivity contribution in [2.45, 2.75) is 26.0 Å². The van der Waals surface area contributed by atoms with Gasteiger partial charge in [-0.2, -0.15) is 5.10 Å². The zero-order chi connectivity index (χ0) is 20.5. The number of hydrogen-bond donors (Lipinski definition) is 3. The van der Waals surface area contributed by atoms with E-state index in [1.807, 2.05) is 42.9 Å².